The average molecular weight is 397 g/mol. The Morgan fingerprint density at radius 3 is 1.86 bits per heavy atom. The van der Waals surface area contributed by atoms with Gasteiger partial charge in [0, 0.05) is 11.1 Å². The number of carboxylic acids is 1. The Morgan fingerprint density at radius 2 is 1.46 bits per heavy atom. The van der Waals surface area contributed by atoms with E-state index < -0.39 is 5.97 Å². The van der Waals surface area contributed by atoms with E-state index in [1.165, 1.54) is 32.1 Å². The van der Waals surface area contributed by atoms with E-state index in [0.717, 1.165) is 25.7 Å². The molecular weight excluding hydrogens is 352 g/mol. The van der Waals surface area contributed by atoms with Crippen LogP contribution in [-0.4, -0.2) is 23.7 Å². The van der Waals surface area contributed by atoms with E-state index in [-0.39, 0.29) is 5.97 Å². The van der Waals surface area contributed by atoms with Gasteiger partial charge in [-0.2, -0.15) is 0 Å². The minimum absolute atomic E-state index is 0.264. The van der Waals surface area contributed by atoms with Crippen LogP contribution in [0.2, 0.25) is 0 Å². The molecule has 0 aromatic carbocycles. The van der Waals surface area contributed by atoms with Crippen LogP contribution >= 0.6 is 0 Å². The Hall–Kier alpha value is -1.58. The second kappa shape index (κ2) is 18.8. The number of rotatable bonds is 14. The molecule has 0 heterocycles. The van der Waals surface area contributed by atoms with E-state index >= 15 is 0 Å². The summed E-state index contributed by atoms with van der Waals surface area (Å²) in [6, 6.07) is 0. The monoisotopic (exact) mass is 396 g/mol. The summed E-state index contributed by atoms with van der Waals surface area (Å²) in [5, 5.41) is 8.68. The van der Waals surface area contributed by atoms with E-state index in [0.29, 0.717) is 29.6 Å². The number of hydrogen-bond donors (Lipinski definition) is 1. The number of ether oxygens (including phenoxy) is 1. The predicted octanol–water partition coefficient (Wildman–Crippen LogP) is 6.95. The van der Waals surface area contributed by atoms with Crippen LogP contribution in [0.3, 0.4) is 0 Å². The fourth-order valence-electron chi connectivity index (χ4n) is 2.63. The van der Waals surface area contributed by atoms with Crippen molar-refractivity contribution in [1.29, 1.82) is 0 Å². The number of esters is 1. The SMILES string of the molecule is C=C(C)C(=O)OCC(CC)CCCC.CCCCC(CC)CC=C(C)C(=O)O. The molecular formula is C24H44O4. The molecule has 0 aliphatic carbocycles. The fourth-order valence-corrected chi connectivity index (χ4v) is 2.63. The van der Waals surface area contributed by atoms with Gasteiger partial charge in [-0.25, -0.2) is 9.59 Å². The van der Waals surface area contributed by atoms with Gasteiger partial charge in [-0.1, -0.05) is 85.3 Å². The van der Waals surface area contributed by atoms with Gasteiger partial charge in [-0.3, -0.25) is 0 Å². The molecule has 0 spiro atoms. The van der Waals surface area contributed by atoms with E-state index in [9.17, 15) is 9.59 Å². The Kier molecular flexibility index (Phi) is 19.2. The number of aliphatic carboxylic acids is 1. The first-order valence-corrected chi connectivity index (χ1v) is 11.0. The molecule has 28 heavy (non-hydrogen) atoms. The van der Waals surface area contributed by atoms with E-state index in [2.05, 4.69) is 34.3 Å². The third kappa shape index (κ3) is 16.6. The summed E-state index contributed by atoms with van der Waals surface area (Å²) < 4.78 is 5.12. The maximum absolute atomic E-state index is 11.1. The Balaban J connectivity index is 0. The lowest BCUT2D eigenvalue weighted by Crippen LogP contribution is -2.14. The number of carboxylic acid groups (broad SMARTS) is 1. The highest BCUT2D eigenvalue weighted by Crippen LogP contribution is 2.18. The van der Waals surface area contributed by atoms with Gasteiger partial charge in [-0.05, 0) is 38.5 Å². The molecule has 2 unspecified atom stereocenters. The summed E-state index contributed by atoms with van der Waals surface area (Å²) in [6.07, 6.45) is 12.2. The molecule has 0 aromatic rings. The van der Waals surface area contributed by atoms with Crippen LogP contribution in [0.15, 0.2) is 23.8 Å². The maximum Gasteiger partial charge on any atom is 0.333 e. The van der Waals surface area contributed by atoms with E-state index in [1.54, 1.807) is 13.8 Å². The first-order chi connectivity index (χ1) is 13.2. The minimum Gasteiger partial charge on any atom is -0.478 e. The topological polar surface area (TPSA) is 63.6 Å². The van der Waals surface area contributed by atoms with Crippen LogP contribution in [0.1, 0.15) is 99.3 Å². The van der Waals surface area contributed by atoms with Crippen molar-refractivity contribution < 1.29 is 19.4 Å². The smallest absolute Gasteiger partial charge is 0.333 e. The second-order valence-corrected chi connectivity index (χ2v) is 7.64. The van der Waals surface area contributed by atoms with Crippen molar-refractivity contribution in [2.75, 3.05) is 6.61 Å². The molecule has 0 saturated carbocycles. The van der Waals surface area contributed by atoms with Crippen molar-refractivity contribution in [1.82, 2.24) is 0 Å². The fraction of sp³-hybridized carbons (Fsp3) is 0.750. The van der Waals surface area contributed by atoms with Crippen molar-refractivity contribution in [2.45, 2.75) is 99.3 Å². The zero-order chi connectivity index (χ0) is 21.9. The highest BCUT2D eigenvalue weighted by molar-refractivity contribution is 5.87. The van der Waals surface area contributed by atoms with Gasteiger partial charge in [-0.15, -0.1) is 0 Å². The lowest BCUT2D eigenvalue weighted by Gasteiger charge is -2.14. The van der Waals surface area contributed by atoms with Crippen molar-refractivity contribution in [2.24, 2.45) is 11.8 Å². The van der Waals surface area contributed by atoms with Crippen LogP contribution in [0, 0.1) is 11.8 Å². The van der Waals surface area contributed by atoms with Crippen molar-refractivity contribution in [3.63, 3.8) is 0 Å². The largest absolute Gasteiger partial charge is 0.478 e. The second-order valence-electron chi connectivity index (χ2n) is 7.64. The van der Waals surface area contributed by atoms with Gasteiger partial charge in [0.1, 0.15) is 0 Å². The number of carbonyl (C=O) groups excluding carboxylic acids is 1. The molecule has 0 radical (unpaired) electrons. The molecule has 164 valence electrons. The summed E-state index contributed by atoms with van der Waals surface area (Å²) in [4.78, 5) is 21.7. The molecule has 0 aliphatic heterocycles. The normalized spacial score (nSPS) is 13.1. The zero-order valence-corrected chi connectivity index (χ0v) is 19.2. The molecule has 0 bridgehead atoms. The number of allylic oxidation sites excluding steroid dienone is 1. The van der Waals surface area contributed by atoms with Gasteiger partial charge in [0.2, 0.25) is 0 Å². The molecule has 1 N–H and O–H groups in total. The summed E-state index contributed by atoms with van der Waals surface area (Å²) in [5.41, 5.74) is 0.954. The standard InChI is InChI=1S/2C12H22O2/c1-5-7-8-11(6-2)9-14-12(13)10(3)4;1-4-6-7-11(5-2)9-8-10(3)12(13)14/h11H,3,5-9H2,1-2,4H3;8,11H,4-7,9H2,1-3H3,(H,13,14). The van der Waals surface area contributed by atoms with Gasteiger partial charge in [0.15, 0.2) is 0 Å². The van der Waals surface area contributed by atoms with Gasteiger partial charge in [0.05, 0.1) is 6.61 Å². The average Bonchev–Trinajstić information content (AvgIpc) is 2.68. The lowest BCUT2D eigenvalue weighted by molar-refractivity contribution is -0.140. The van der Waals surface area contributed by atoms with Crippen LogP contribution < -0.4 is 0 Å². The minimum atomic E-state index is -0.796. The highest BCUT2D eigenvalue weighted by Gasteiger charge is 2.10. The zero-order valence-electron chi connectivity index (χ0n) is 19.2. The van der Waals surface area contributed by atoms with Crippen LogP contribution in [0.5, 0.6) is 0 Å². The number of hydrogen-bond acceptors (Lipinski definition) is 3. The van der Waals surface area contributed by atoms with E-state index in [1.807, 2.05) is 6.08 Å². The molecule has 0 rings (SSSR count). The first kappa shape index (κ1) is 28.6. The Morgan fingerprint density at radius 1 is 0.964 bits per heavy atom. The van der Waals surface area contributed by atoms with Crippen molar-refractivity contribution in [3.05, 3.63) is 23.8 Å². The molecule has 0 amide bonds. The molecule has 0 aromatic heterocycles. The van der Waals surface area contributed by atoms with E-state index in [4.69, 9.17) is 9.84 Å². The quantitative estimate of drug-likeness (QED) is 0.255. The van der Waals surface area contributed by atoms with Gasteiger partial charge >= 0.3 is 11.9 Å². The first-order valence-electron chi connectivity index (χ1n) is 11.0. The highest BCUT2D eigenvalue weighted by atomic mass is 16.5. The molecule has 2 atom stereocenters. The molecule has 4 heteroatoms. The van der Waals surface area contributed by atoms with Gasteiger partial charge < -0.3 is 9.84 Å². The van der Waals surface area contributed by atoms with Crippen molar-refractivity contribution >= 4 is 11.9 Å². The van der Waals surface area contributed by atoms with Gasteiger partial charge in [0.25, 0.3) is 0 Å². The Bertz CT molecular complexity index is 465. The lowest BCUT2D eigenvalue weighted by atomic mass is 9.95. The number of unbranched alkanes of at least 4 members (excludes halogenated alkanes) is 2. The maximum atomic E-state index is 11.1. The van der Waals surface area contributed by atoms with Crippen LogP contribution in [-0.2, 0) is 14.3 Å². The summed E-state index contributed by atoms with van der Waals surface area (Å²) in [6.45, 7) is 16.1. The van der Waals surface area contributed by atoms with Crippen LogP contribution in [0.4, 0.5) is 0 Å². The third-order valence-electron chi connectivity index (χ3n) is 4.98. The molecule has 4 nitrogen and oxygen atoms in total. The van der Waals surface area contributed by atoms with Crippen molar-refractivity contribution in [3.8, 4) is 0 Å². The third-order valence-corrected chi connectivity index (χ3v) is 4.98. The molecule has 0 fully saturated rings. The summed E-state index contributed by atoms with van der Waals surface area (Å²) in [5.74, 6) is 0.109. The predicted molar refractivity (Wildman–Crippen MR) is 118 cm³/mol. The summed E-state index contributed by atoms with van der Waals surface area (Å²) in [7, 11) is 0. The number of carbonyl (C=O) groups is 2. The molecule has 0 aliphatic rings. The Labute approximate surface area is 173 Å². The molecule has 0 saturated heterocycles. The van der Waals surface area contributed by atoms with Crippen LogP contribution in [0.25, 0.3) is 0 Å². The summed E-state index contributed by atoms with van der Waals surface area (Å²) >= 11 is 0.